The van der Waals surface area contributed by atoms with Crippen LogP contribution in [0.15, 0.2) is 24.3 Å². The van der Waals surface area contributed by atoms with E-state index in [4.69, 9.17) is 10.00 Å². The average molecular weight is 251 g/mol. The maximum absolute atomic E-state index is 11.5. The smallest absolute Gasteiger partial charge is 0.119 e. The van der Waals surface area contributed by atoms with Gasteiger partial charge in [0.25, 0.3) is 0 Å². The minimum Gasteiger partial charge on any atom is -0.494 e. The van der Waals surface area contributed by atoms with Crippen molar-refractivity contribution in [3.63, 3.8) is 0 Å². The topological polar surface area (TPSA) is 50.1 Å². The highest BCUT2D eigenvalue weighted by atomic mass is 32.2. The summed E-state index contributed by atoms with van der Waals surface area (Å²) in [5.41, 5.74) is 0.623. The van der Waals surface area contributed by atoms with Crippen LogP contribution in [-0.4, -0.2) is 21.8 Å². The Hall–Kier alpha value is -1.34. The van der Waals surface area contributed by atoms with Crippen molar-refractivity contribution in [1.82, 2.24) is 0 Å². The van der Waals surface area contributed by atoms with Crippen LogP contribution < -0.4 is 4.74 Å². The number of rotatable bonds is 6. The van der Waals surface area contributed by atoms with E-state index in [-0.39, 0.29) is 5.25 Å². The fraction of sp³-hybridized carbons (Fsp3) is 0.462. The minimum atomic E-state index is -0.758. The third-order valence-corrected chi connectivity index (χ3v) is 4.01. The molecule has 0 spiro atoms. The van der Waals surface area contributed by atoms with Crippen LogP contribution in [-0.2, 0) is 10.8 Å². The van der Waals surface area contributed by atoms with E-state index in [1.807, 2.05) is 13.8 Å². The van der Waals surface area contributed by atoms with Gasteiger partial charge in [-0.05, 0) is 30.7 Å². The molecular formula is C13H17NO2S. The Labute approximate surface area is 105 Å². The minimum absolute atomic E-state index is 0.213. The second-order valence-electron chi connectivity index (χ2n) is 3.97. The molecular weight excluding hydrogens is 234 g/mol. The summed E-state index contributed by atoms with van der Waals surface area (Å²) in [7, 11) is -0.758. The van der Waals surface area contributed by atoms with Gasteiger partial charge < -0.3 is 4.74 Å². The SMILES string of the molecule is CC(C)S(=O)CCCOc1ccc(C#N)cc1. The van der Waals surface area contributed by atoms with Gasteiger partial charge in [-0.25, -0.2) is 0 Å². The van der Waals surface area contributed by atoms with Gasteiger partial charge in [0, 0.05) is 21.8 Å². The third kappa shape index (κ3) is 5.01. The molecule has 0 aliphatic rings. The van der Waals surface area contributed by atoms with E-state index >= 15 is 0 Å². The van der Waals surface area contributed by atoms with Gasteiger partial charge in [0.05, 0.1) is 18.2 Å². The molecule has 0 bridgehead atoms. The fourth-order valence-corrected chi connectivity index (χ4v) is 2.13. The zero-order chi connectivity index (χ0) is 12.7. The monoisotopic (exact) mass is 251 g/mol. The molecule has 3 nitrogen and oxygen atoms in total. The van der Waals surface area contributed by atoms with Crippen LogP contribution in [0, 0.1) is 11.3 Å². The van der Waals surface area contributed by atoms with Crippen LogP contribution in [0.2, 0.25) is 0 Å². The summed E-state index contributed by atoms with van der Waals surface area (Å²) >= 11 is 0. The Bertz CT molecular complexity index is 406. The van der Waals surface area contributed by atoms with E-state index in [0.717, 1.165) is 12.2 Å². The molecule has 0 saturated carbocycles. The predicted molar refractivity (Wildman–Crippen MR) is 69.4 cm³/mol. The van der Waals surface area contributed by atoms with Crippen molar-refractivity contribution in [2.45, 2.75) is 25.5 Å². The Balaban J connectivity index is 2.27. The van der Waals surface area contributed by atoms with Crippen LogP contribution in [0.5, 0.6) is 5.75 Å². The molecule has 0 N–H and O–H groups in total. The van der Waals surface area contributed by atoms with Crippen molar-refractivity contribution in [2.24, 2.45) is 0 Å². The average Bonchev–Trinajstić information content (AvgIpc) is 2.35. The van der Waals surface area contributed by atoms with Crippen molar-refractivity contribution in [3.05, 3.63) is 29.8 Å². The zero-order valence-electron chi connectivity index (χ0n) is 10.2. The molecule has 0 amide bonds. The van der Waals surface area contributed by atoms with Crippen molar-refractivity contribution in [1.29, 1.82) is 5.26 Å². The lowest BCUT2D eigenvalue weighted by atomic mass is 10.2. The lowest BCUT2D eigenvalue weighted by molar-refractivity contribution is 0.318. The zero-order valence-corrected chi connectivity index (χ0v) is 11.0. The van der Waals surface area contributed by atoms with Crippen molar-refractivity contribution in [2.75, 3.05) is 12.4 Å². The molecule has 92 valence electrons. The lowest BCUT2D eigenvalue weighted by Crippen LogP contribution is -2.12. The molecule has 1 aromatic carbocycles. The number of nitrogens with zero attached hydrogens (tertiary/aromatic N) is 1. The molecule has 4 heteroatoms. The van der Waals surface area contributed by atoms with Crippen LogP contribution in [0.25, 0.3) is 0 Å². The Morgan fingerprint density at radius 1 is 1.35 bits per heavy atom. The van der Waals surface area contributed by atoms with E-state index in [2.05, 4.69) is 6.07 Å². The van der Waals surface area contributed by atoms with Crippen molar-refractivity contribution < 1.29 is 8.95 Å². The normalized spacial score (nSPS) is 12.1. The number of ether oxygens (including phenoxy) is 1. The first-order valence-corrected chi connectivity index (χ1v) is 7.02. The van der Waals surface area contributed by atoms with E-state index in [0.29, 0.717) is 17.9 Å². The molecule has 0 aromatic heterocycles. The van der Waals surface area contributed by atoms with E-state index < -0.39 is 10.8 Å². The van der Waals surface area contributed by atoms with Crippen molar-refractivity contribution in [3.8, 4) is 11.8 Å². The highest BCUT2D eigenvalue weighted by Crippen LogP contribution is 2.11. The molecule has 0 radical (unpaired) electrons. The molecule has 0 heterocycles. The van der Waals surface area contributed by atoms with Gasteiger partial charge in [-0.3, -0.25) is 4.21 Å². The van der Waals surface area contributed by atoms with E-state index in [1.54, 1.807) is 24.3 Å². The molecule has 1 unspecified atom stereocenters. The van der Waals surface area contributed by atoms with Gasteiger partial charge >= 0.3 is 0 Å². The first kappa shape index (κ1) is 13.7. The summed E-state index contributed by atoms with van der Waals surface area (Å²) in [5.74, 6) is 1.42. The summed E-state index contributed by atoms with van der Waals surface area (Å²) in [6.07, 6.45) is 0.783. The maximum Gasteiger partial charge on any atom is 0.119 e. The highest BCUT2D eigenvalue weighted by molar-refractivity contribution is 7.85. The van der Waals surface area contributed by atoms with Gasteiger partial charge in [0.2, 0.25) is 0 Å². The van der Waals surface area contributed by atoms with Crippen LogP contribution >= 0.6 is 0 Å². The van der Waals surface area contributed by atoms with Gasteiger partial charge in [-0.15, -0.1) is 0 Å². The molecule has 0 aliphatic carbocycles. The number of benzene rings is 1. The summed E-state index contributed by atoms with van der Waals surface area (Å²) in [5, 5.41) is 8.84. The predicted octanol–water partition coefficient (Wildman–Crippen LogP) is 2.48. The summed E-state index contributed by atoms with van der Waals surface area (Å²) in [6.45, 7) is 4.47. The van der Waals surface area contributed by atoms with Crippen LogP contribution in [0.4, 0.5) is 0 Å². The molecule has 0 saturated heterocycles. The lowest BCUT2D eigenvalue weighted by Gasteiger charge is -2.07. The number of hydrogen-bond acceptors (Lipinski definition) is 3. The second kappa shape index (κ2) is 7.08. The van der Waals surface area contributed by atoms with Crippen LogP contribution in [0.1, 0.15) is 25.8 Å². The van der Waals surface area contributed by atoms with Crippen LogP contribution in [0.3, 0.4) is 0 Å². The third-order valence-electron chi connectivity index (χ3n) is 2.27. The van der Waals surface area contributed by atoms with E-state index in [9.17, 15) is 4.21 Å². The van der Waals surface area contributed by atoms with E-state index in [1.165, 1.54) is 0 Å². The molecule has 1 atom stereocenters. The first-order chi connectivity index (χ1) is 8.13. The maximum atomic E-state index is 11.5. The van der Waals surface area contributed by atoms with Gasteiger partial charge in [-0.2, -0.15) is 5.26 Å². The summed E-state index contributed by atoms with van der Waals surface area (Å²) in [6, 6.07) is 9.05. The van der Waals surface area contributed by atoms with Gasteiger partial charge in [0.15, 0.2) is 0 Å². The number of hydrogen-bond donors (Lipinski definition) is 0. The Kier molecular flexibility index (Phi) is 5.71. The standard InChI is InChI=1S/C13H17NO2S/c1-11(2)17(15)9-3-8-16-13-6-4-12(10-14)5-7-13/h4-7,11H,3,8-9H2,1-2H3. The summed E-state index contributed by atoms with van der Waals surface area (Å²) < 4.78 is 16.9. The Morgan fingerprint density at radius 2 is 2.00 bits per heavy atom. The fourth-order valence-electron chi connectivity index (χ4n) is 1.25. The molecule has 1 rings (SSSR count). The molecule has 17 heavy (non-hydrogen) atoms. The first-order valence-electron chi connectivity index (χ1n) is 5.63. The largest absolute Gasteiger partial charge is 0.494 e. The van der Waals surface area contributed by atoms with Gasteiger partial charge in [0.1, 0.15) is 5.75 Å². The van der Waals surface area contributed by atoms with Crippen molar-refractivity contribution >= 4 is 10.8 Å². The Morgan fingerprint density at radius 3 is 2.53 bits per heavy atom. The molecule has 0 fully saturated rings. The highest BCUT2D eigenvalue weighted by Gasteiger charge is 2.04. The molecule has 1 aromatic rings. The number of nitriles is 1. The second-order valence-corrected chi connectivity index (χ2v) is 6.08. The quantitative estimate of drug-likeness (QED) is 0.730. The van der Waals surface area contributed by atoms with Gasteiger partial charge in [-0.1, -0.05) is 13.8 Å². The summed E-state index contributed by atoms with van der Waals surface area (Å²) in [4.78, 5) is 0. The molecule has 0 aliphatic heterocycles.